The largest absolute Gasteiger partial charge is 0.449 e. The topological polar surface area (TPSA) is 55.4 Å². The molecule has 0 aromatic heterocycles. The second-order valence-electron chi connectivity index (χ2n) is 5.09. The first-order valence-corrected chi connectivity index (χ1v) is 8.97. The number of carbonyl (C=O) groups is 2. The van der Waals surface area contributed by atoms with Crippen LogP contribution in [-0.2, 0) is 9.53 Å². The van der Waals surface area contributed by atoms with Gasteiger partial charge in [-0.3, -0.25) is 4.79 Å². The lowest BCUT2D eigenvalue weighted by molar-refractivity contribution is -0.123. The molecule has 0 fully saturated rings. The van der Waals surface area contributed by atoms with Crippen LogP contribution in [0.2, 0.25) is 5.02 Å². The third-order valence-electron chi connectivity index (χ3n) is 3.25. The van der Waals surface area contributed by atoms with Crippen molar-refractivity contribution in [1.82, 2.24) is 0 Å². The maximum atomic E-state index is 13.0. The van der Waals surface area contributed by atoms with Crippen LogP contribution in [0.1, 0.15) is 24.2 Å². The molecule has 0 unspecified atom stereocenters. The van der Waals surface area contributed by atoms with Crippen molar-refractivity contribution >= 4 is 40.9 Å². The Kier molecular flexibility index (Phi) is 6.84. The van der Waals surface area contributed by atoms with Crippen LogP contribution < -0.4 is 5.32 Å². The number of halogens is 2. The van der Waals surface area contributed by atoms with E-state index in [1.54, 1.807) is 12.1 Å². The van der Waals surface area contributed by atoms with Crippen molar-refractivity contribution in [2.75, 3.05) is 11.1 Å². The van der Waals surface area contributed by atoms with Crippen LogP contribution in [0.3, 0.4) is 0 Å². The van der Waals surface area contributed by atoms with Gasteiger partial charge in [0.25, 0.3) is 5.91 Å². The summed E-state index contributed by atoms with van der Waals surface area (Å²) in [6.45, 7) is 3.44. The molecule has 1 atom stereocenters. The predicted octanol–water partition coefficient (Wildman–Crippen LogP) is 4.78. The molecule has 0 heterocycles. The number of nitrogens with one attached hydrogen (secondary N) is 1. The van der Waals surface area contributed by atoms with E-state index in [4.69, 9.17) is 16.3 Å². The van der Waals surface area contributed by atoms with Gasteiger partial charge >= 0.3 is 5.97 Å². The van der Waals surface area contributed by atoms with Gasteiger partial charge in [-0.15, -0.1) is 11.8 Å². The molecular weight excluding hydrogens is 365 g/mol. The van der Waals surface area contributed by atoms with E-state index in [2.05, 4.69) is 5.32 Å². The van der Waals surface area contributed by atoms with Crippen molar-refractivity contribution in [3.05, 3.63) is 58.9 Å². The summed E-state index contributed by atoms with van der Waals surface area (Å²) in [5.41, 5.74) is 0.659. The quantitative estimate of drug-likeness (QED) is 0.578. The highest BCUT2D eigenvalue weighted by molar-refractivity contribution is 7.99. The van der Waals surface area contributed by atoms with Gasteiger partial charge in [0, 0.05) is 4.90 Å². The number of thioether (sulfide) groups is 1. The zero-order valence-electron chi connectivity index (χ0n) is 13.7. The highest BCUT2D eigenvalue weighted by Gasteiger charge is 2.21. The summed E-state index contributed by atoms with van der Waals surface area (Å²) < 4.78 is 18.3. The molecule has 1 amide bonds. The van der Waals surface area contributed by atoms with E-state index in [1.165, 1.54) is 30.8 Å². The van der Waals surface area contributed by atoms with Gasteiger partial charge in [0.1, 0.15) is 5.82 Å². The third-order valence-corrected chi connectivity index (χ3v) is 4.52. The van der Waals surface area contributed by atoms with Gasteiger partial charge in [0.05, 0.1) is 16.3 Å². The Balaban J connectivity index is 2.04. The number of hydrogen-bond donors (Lipinski definition) is 1. The van der Waals surface area contributed by atoms with Crippen LogP contribution in [0.15, 0.2) is 47.4 Å². The fourth-order valence-corrected chi connectivity index (χ4v) is 3.03. The first kappa shape index (κ1) is 19.3. The van der Waals surface area contributed by atoms with E-state index in [9.17, 15) is 14.0 Å². The smallest absolute Gasteiger partial charge is 0.340 e. The second-order valence-corrected chi connectivity index (χ2v) is 6.80. The van der Waals surface area contributed by atoms with Gasteiger partial charge in [0.2, 0.25) is 0 Å². The summed E-state index contributed by atoms with van der Waals surface area (Å²) in [5, 5.41) is 2.58. The molecule has 4 nitrogen and oxygen atoms in total. The first-order chi connectivity index (χ1) is 11.9. The number of amides is 1. The van der Waals surface area contributed by atoms with E-state index < -0.39 is 23.8 Å². The van der Waals surface area contributed by atoms with Crippen LogP contribution in [0.4, 0.5) is 10.1 Å². The SMILES string of the molecule is CCSc1ccccc1C(=O)O[C@@H](C)C(=O)Nc1ccc(F)cc1Cl. The van der Waals surface area contributed by atoms with E-state index in [1.807, 2.05) is 19.1 Å². The zero-order valence-corrected chi connectivity index (χ0v) is 15.3. The molecule has 2 aromatic rings. The molecule has 1 N–H and O–H groups in total. The van der Waals surface area contributed by atoms with Crippen LogP contribution in [-0.4, -0.2) is 23.7 Å². The van der Waals surface area contributed by atoms with E-state index in [-0.39, 0.29) is 10.7 Å². The molecule has 0 saturated heterocycles. The number of esters is 1. The van der Waals surface area contributed by atoms with Gasteiger partial charge in [-0.2, -0.15) is 0 Å². The summed E-state index contributed by atoms with van der Waals surface area (Å²) in [5.74, 6) is -0.831. The number of ether oxygens (including phenoxy) is 1. The Morgan fingerprint density at radius 3 is 2.68 bits per heavy atom. The number of benzene rings is 2. The lowest BCUT2D eigenvalue weighted by atomic mass is 10.2. The van der Waals surface area contributed by atoms with Crippen molar-refractivity contribution in [3.63, 3.8) is 0 Å². The van der Waals surface area contributed by atoms with E-state index >= 15 is 0 Å². The predicted molar refractivity (Wildman–Crippen MR) is 97.8 cm³/mol. The Bertz CT molecular complexity index is 785. The van der Waals surface area contributed by atoms with Gasteiger partial charge in [-0.25, -0.2) is 9.18 Å². The Morgan fingerprint density at radius 2 is 2.00 bits per heavy atom. The van der Waals surface area contributed by atoms with E-state index in [0.29, 0.717) is 5.56 Å². The fourth-order valence-electron chi connectivity index (χ4n) is 2.02. The normalized spacial score (nSPS) is 11.7. The van der Waals surface area contributed by atoms with Crippen molar-refractivity contribution in [2.24, 2.45) is 0 Å². The maximum Gasteiger partial charge on any atom is 0.340 e. The van der Waals surface area contributed by atoms with Crippen LogP contribution in [0.25, 0.3) is 0 Å². The van der Waals surface area contributed by atoms with Crippen molar-refractivity contribution in [2.45, 2.75) is 24.8 Å². The van der Waals surface area contributed by atoms with E-state index in [0.717, 1.165) is 16.7 Å². The van der Waals surface area contributed by atoms with Crippen LogP contribution in [0.5, 0.6) is 0 Å². The monoisotopic (exact) mass is 381 g/mol. The summed E-state index contributed by atoms with van der Waals surface area (Å²) >= 11 is 7.39. The summed E-state index contributed by atoms with van der Waals surface area (Å²) in [6.07, 6.45) is -1.03. The lowest BCUT2D eigenvalue weighted by Crippen LogP contribution is -2.30. The van der Waals surface area contributed by atoms with Gasteiger partial charge < -0.3 is 10.1 Å². The average Bonchev–Trinajstić information content (AvgIpc) is 2.58. The molecule has 0 spiro atoms. The minimum Gasteiger partial charge on any atom is -0.449 e. The number of carbonyl (C=O) groups excluding carboxylic acids is 2. The van der Waals surface area contributed by atoms with Gasteiger partial charge in [0.15, 0.2) is 6.10 Å². The zero-order chi connectivity index (χ0) is 18.4. The number of anilines is 1. The maximum absolute atomic E-state index is 13.0. The summed E-state index contributed by atoms with van der Waals surface area (Å²) in [7, 11) is 0. The second kappa shape index (κ2) is 8.87. The molecule has 2 aromatic carbocycles. The molecule has 0 bridgehead atoms. The van der Waals surface area contributed by atoms with Crippen molar-refractivity contribution in [1.29, 1.82) is 0 Å². The standard InChI is InChI=1S/C18H17ClFNO3S/c1-3-25-16-7-5-4-6-13(16)18(23)24-11(2)17(22)21-15-9-8-12(20)10-14(15)19/h4-11H,3H2,1-2H3,(H,21,22)/t11-/m0/s1. The Labute approximate surface area is 154 Å². The highest BCUT2D eigenvalue weighted by Crippen LogP contribution is 2.24. The van der Waals surface area contributed by atoms with Gasteiger partial charge in [-0.1, -0.05) is 30.7 Å². The van der Waals surface area contributed by atoms with Gasteiger partial charge in [-0.05, 0) is 43.0 Å². The minimum atomic E-state index is -1.03. The fraction of sp³-hybridized carbons (Fsp3) is 0.222. The Morgan fingerprint density at radius 1 is 1.28 bits per heavy atom. The third kappa shape index (κ3) is 5.21. The molecule has 0 aliphatic heterocycles. The number of rotatable bonds is 6. The molecule has 0 aliphatic rings. The summed E-state index contributed by atoms with van der Waals surface area (Å²) in [4.78, 5) is 25.3. The molecule has 7 heteroatoms. The molecule has 25 heavy (non-hydrogen) atoms. The minimum absolute atomic E-state index is 0.0663. The molecule has 0 radical (unpaired) electrons. The molecule has 0 aliphatic carbocycles. The molecule has 0 saturated carbocycles. The van der Waals surface area contributed by atoms with Crippen LogP contribution in [0, 0.1) is 5.82 Å². The summed E-state index contributed by atoms with van der Waals surface area (Å²) in [6, 6.07) is 10.7. The highest BCUT2D eigenvalue weighted by atomic mass is 35.5. The Hall–Kier alpha value is -2.05. The lowest BCUT2D eigenvalue weighted by Gasteiger charge is -2.15. The molecule has 2 rings (SSSR count). The van der Waals surface area contributed by atoms with Crippen LogP contribution >= 0.6 is 23.4 Å². The van der Waals surface area contributed by atoms with Crippen molar-refractivity contribution in [3.8, 4) is 0 Å². The first-order valence-electron chi connectivity index (χ1n) is 7.61. The molecule has 132 valence electrons. The average molecular weight is 382 g/mol. The number of hydrogen-bond acceptors (Lipinski definition) is 4. The molecular formula is C18H17ClFNO3S. The van der Waals surface area contributed by atoms with Crippen molar-refractivity contribution < 1.29 is 18.7 Å².